The van der Waals surface area contributed by atoms with E-state index in [2.05, 4.69) is 15.3 Å². The van der Waals surface area contributed by atoms with Crippen LogP contribution in [0.5, 0.6) is 0 Å². The van der Waals surface area contributed by atoms with E-state index in [1.165, 1.54) is 0 Å². The summed E-state index contributed by atoms with van der Waals surface area (Å²) in [7, 11) is 1.66. The molecule has 0 amide bonds. The van der Waals surface area contributed by atoms with E-state index in [4.69, 9.17) is 16.3 Å². The van der Waals surface area contributed by atoms with E-state index in [9.17, 15) is 0 Å². The van der Waals surface area contributed by atoms with Gasteiger partial charge in [-0.1, -0.05) is 25.4 Å². The number of methoxy groups -OCH3 is 1. The molecule has 1 aromatic rings. The Labute approximate surface area is 95.0 Å². The molecule has 0 aliphatic heterocycles. The summed E-state index contributed by atoms with van der Waals surface area (Å²) < 4.78 is 4.93. The van der Waals surface area contributed by atoms with Gasteiger partial charge in [0.25, 0.3) is 0 Å². The third-order valence-corrected chi connectivity index (χ3v) is 2.03. The second kappa shape index (κ2) is 5.88. The standard InChI is InChI=1S/C10H16ClN3O/c1-7(2)10-13-8(11)6-9(14-10)12-4-5-15-3/h6-7H,4-5H2,1-3H3,(H,12,13,14). The van der Waals surface area contributed by atoms with Gasteiger partial charge in [-0.05, 0) is 0 Å². The fraction of sp³-hybridized carbons (Fsp3) is 0.600. The molecule has 0 aliphatic carbocycles. The van der Waals surface area contributed by atoms with Crippen molar-refractivity contribution >= 4 is 17.4 Å². The highest BCUT2D eigenvalue weighted by atomic mass is 35.5. The first kappa shape index (κ1) is 12.2. The molecule has 1 N–H and O–H groups in total. The topological polar surface area (TPSA) is 47.0 Å². The lowest BCUT2D eigenvalue weighted by molar-refractivity contribution is 0.210. The summed E-state index contributed by atoms with van der Waals surface area (Å²) in [4.78, 5) is 8.49. The molecule has 1 heterocycles. The number of nitrogens with zero attached hydrogens (tertiary/aromatic N) is 2. The maximum absolute atomic E-state index is 5.88. The van der Waals surface area contributed by atoms with Crippen molar-refractivity contribution in [3.8, 4) is 0 Å². The summed E-state index contributed by atoms with van der Waals surface area (Å²) in [6, 6.07) is 1.71. The molecule has 0 aromatic carbocycles. The average molecular weight is 230 g/mol. The van der Waals surface area contributed by atoms with Crippen molar-refractivity contribution in [1.82, 2.24) is 9.97 Å². The van der Waals surface area contributed by atoms with Crippen LogP contribution in [0.15, 0.2) is 6.07 Å². The summed E-state index contributed by atoms with van der Waals surface area (Å²) in [6.45, 7) is 5.41. The molecule has 0 fully saturated rings. The molecule has 0 radical (unpaired) electrons. The summed E-state index contributed by atoms with van der Waals surface area (Å²) in [5, 5.41) is 3.59. The predicted molar refractivity (Wildman–Crippen MR) is 61.5 cm³/mol. The SMILES string of the molecule is COCCNc1cc(Cl)nc(C(C)C)n1. The van der Waals surface area contributed by atoms with E-state index in [1.807, 2.05) is 13.8 Å². The lowest BCUT2D eigenvalue weighted by Crippen LogP contribution is -2.10. The minimum Gasteiger partial charge on any atom is -0.383 e. The molecule has 0 bridgehead atoms. The highest BCUT2D eigenvalue weighted by Gasteiger charge is 2.06. The Kier molecular flexibility index (Phi) is 4.78. The first-order chi connectivity index (χ1) is 7.13. The zero-order valence-electron chi connectivity index (χ0n) is 9.25. The van der Waals surface area contributed by atoms with E-state index >= 15 is 0 Å². The van der Waals surface area contributed by atoms with Crippen molar-refractivity contribution in [3.63, 3.8) is 0 Å². The molecule has 0 aliphatic rings. The predicted octanol–water partition coefficient (Wildman–Crippen LogP) is 2.31. The van der Waals surface area contributed by atoms with Crippen LogP contribution in [-0.4, -0.2) is 30.2 Å². The third kappa shape index (κ3) is 4.01. The van der Waals surface area contributed by atoms with Crippen LogP contribution >= 0.6 is 11.6 Å². The fourth-order valence-corrected chi connectivity index (χ4v) is 1.26. The summed E-state index contributed by atoms with van der Waals surface area (Å²) >= 11 is 5.88. The van der Waals surface area contributed by atoms with Crippen molar-refractivity contribution < 1.29 is 4.74 Å². The number of halogens is 1. The number of nitrogens with one attached hydrogen (secondary N) is 1. The smallest absolute Gasteiger partial charge is 0.135 e. The summed E-state index contributed by atoms with van der Waals surface area (Å²) in [5.41, 5.74) is 0. The average Bonchev–Trinajstić information content (AvgIpc) is 2.17. The van der Waals surface area contributed by atoms with Crippen LogP contribution in [0.1, 0.15) is 25.6 Å². The molecule has 0 unspecified atom stereocenters. The number of rotatable bonds is 5. The number of anilines is 1. The highest BCUT2D eigenvalue weighted by Crippen LogP contribution is 2.16. The molecule has 0 atom stereocenters. The van der Waals surface area contributed by atoms with Crippen LogP contribution in [0.3, 0.4) is 0 Å². The van der Waals surface area contributed by atoms with E-state index in [0.717, 1.165) is 11.6 Å². The molecule has 0 saturated heterocycles. The highest BCUT2D eigenvalue weighted by molar-refractivity contribution is 6.29. The van der Waals surface area contributed by atoms with Crippen LogP contribution in [0.4, 0.5) is 5.82 Å². The minimum atomic E-state index is 0.270. The summed E-state index contributed by atoms with van der Waals surface area (Å²) in [5.74, 6) is 1.77. The number of aromatic nitrogens is 2. The quantitative estimate of drug-likeness (QED) is 0.622. The van der Waals surface area contributed by atoms with Crippen molar-refractivity contribution in [2.45, 2.75) is 19.8 Å². The first-order valence-corrected chi connectivity index (χ1v) is 5.28. The van der Waals surface area contributed by atoms with E-state index < -0.39 is 0 Å². The zero-order valence-corrected chi connectivity index (χ0v) is 10.0. The van der Waals surface area contributed by atoms with E-state index in [1.54, 1.807) is 13.2 Å². The Bertz CT molecular complexity index is 318. The molecule has 0 spiro atoms. The Morgan fingerprint density at radius 1 is 1.47 bits per heavy atom. The van der Waals surface area contributed by atoms with Gasteiger partial charge in [0.15, 0.2) is 0 Å². The molecule has 84 valence electrons. The van der Waals surface area contributed by atoms with Crippen LogP contribution in [0.2, 0.25) is 5.15 Å². The molecule has 15 heavy (non-hydrogen) atoms. The number of hydrogen-bond donors (Lipinski definition) is 1. The Morgan fingerprint density at radius 2 is 2.20 bits per heavy atom. The lowest BCUT2D eigenvalue weighted by Gasteiger charge is -2.08. The molecule has 4 nitrogen and oxygen atoms in total. The molecule has 1 rings (SSSR count). The lowest BCUT2D eigenvalue weighted by atomic mass is 10.2. The first-order valence-electron chi connectivity index (χ1n) is 4.90. The van der Waals surface area contributed by atoms with Crippen molar-refractivity contribution in [2.75, 3.05) is 25.6 Å². The van der Waals surface area contributed by atoms with Gasteiger partial charge in [-0.15, -0.1) is 0 Å². The van der Waals surface area contributed by atoms with E-state index in [0.29, 0.717) is 18.3 Å². The second-order valence-electron chi connectivity index (χ2n) is 3.51. The van der Waals surface area contributed by atoms with Gasteiger partial charge >= 0.3 is 0 Å². The second-order valence-corrected chi connectivity index (χ2v) is 3.90. The zero-order chi connectivity index (χ0) is 11.3. The summed E-state index contributed by atoms with van der Waals surface area (Å²) in [6.07, 6.45) is 0. The van der Waals surface area contributed by atoms with Crippen LogP contribution in [0, 0.1) is 0 Å². The maximum atomic E-state index is 5.88. The molecule has 0 saturated carbocycles. The van der Waals surface area contributed by atoms with Gasteiger partial charge in [0.2, 0.25) is 0 Å². The Balaban J connectivity index is 2.71. The van der Waals surface area contributed by atoms with Gasteiger partial charge in [-0.2, -0.15) is 0 Å². The van der Waals surface area contributed by atoms with Gasteiger partial charge in [0.05, 0.1) is 6.61 Å². The van der Waals surface area contributed by atoms with Crippen molar-refractivity contribution in [2.24, 2.45) is 0 Å². The minimum absolute atomic E-state index is 0.270. The third-order valence-electron chi connectivity index (χ3n) is 1.84. The van der Waals surface area contributed by atoms with Crippen LogP contribution in [0.25, 0.3) is 0 Å². The molecule has 1 aromatic heterocycles. The van der Waals surface area contributed by atoms with Crippen LogP contribution < -0.4 is 5.32 Å². The van der Waals surface area contributed by atoms with E-state index in [-0.39, 0.29) is 5.92 Å². The Morgan fingerprint density at radius 3 is 2.80 bits per heavy atom. The number of hydrogen-bond acceptors (Lipinski definition) is 4. The van der Waals surface area contributed by atoms with Crippen molar-refractivity contribution in [3.05, 3.63) is 17.0 Å². The Hall–Kier alpha value is -0.870. The number of ether oxygens (including phenoxy) is 1. The van der Waals surface area contributed by atoms with Gasteiger partial charge in [0, 0.05) is 25.6 Å². The largest absolute Gasteiger partial charge is 0.383 e. The monoisotopic (exact) mass is 229 g/mol. The maximum Gasteiger partial charge on any atom is 0.135 e. The molecule has 5 heteroatoms. The van der Waals surface area contributed by atoms with Gasteiger partial charge in [0.1, 0.15) is 16.8 Å². The molecular formula is C10H16ClN3O. The van der Waals surface area contributed by atoms with Crippen LogP contribution in [-0.2, 0) is 4.74 Å². The fourth-order valence-electron chi connectivity index (χ4n) is 1.07. The van der Waals surface area contributed by atoms with Crippen molar-refractivity contribution in [1.29, 1.82) is 0 Å². The van der Waals surface area contributed by atoms with Gasteiger partial charge in [-0.25, -0.2) is 9.97 Å². The normalized spacial score (nSPS) is 10.7. The van der Waals surface area contributed by atoms with Gasteiger partial charge in [-0.3, -0.25) is 0 Å². The van der Waals surface area contributed by atoms with Gasteiger partial charge < -0.3 is 10.1 Å². The molecular weight excluding hydrogens is 214 g/mol.